The summed E-state index contributed by atoms with van der Waals surface area (Å²) in [7, 11) is 1.01. The molecule has 14 heteroatoms. The van der Waals surface area contributed by atoms with E-state index in [0.717, 1.165) is 49.4 Å². The number of rotatable bonds is 7. The van der Waals surface area contributed by atoms with Gasteiger partial charge >= 0.3 is 0 Å². The molecule has 2 aliphatic carbocycles. The number of fused-ring (bicyclic) bond motifs is 4. The molecule has 2 bridgehead atoms. The number of hydrogen-bond donors (Lipinski definition) is 1. The molecule has 1 aromatic heterocycles. The number of carbonyl (C=O) groups excluding carboxylic acids is 2. The Morgan fingerprint density at radius 1 is 1.18 bits per heavy atom. The van der Waals surface area contributed by atoms with E-state index >= 15 is 0 Å². The van der Waals surface area contributed by atoms with Crippen LogP contribution in [0.15, 0.2) is 71.8 Å². The van der Waals surface area contributed by atoms with E-state index < -0.39 is 33.8 Å². The van der Waals surface area contributed by atoms with Crippen molar-refractivity contribution in [2.24, 2.45) is 29.2 Å². The van der Waals surface area contributed by atoms with Gasteiger partial charge in [0.15, 0.2) is 0 Å². The van der Waals surface area contributed by atoms with Gasteiger partial charge in [0.1, 0.15) is 21.2 Å². The summed E-state index contributed by atoms with van der Waals surface area (Å²) < 4.78 is 47.5. The third-order valence-corrected chi connectivity index (χ3v) is 13.7. The summed E-state index contributed by atoms with van der Waals surface area (Å²) in [5.74, 6) is -0.824. The number of carbonyl (C=O) groups is 2. The summed E-state index contributed by atoms with van der Waals surface area (Å²) in [4.78, 5) is 30.3. The van der Waals surface area contributed by atoms with Gasteiger partial charge in [0.2, 0.25) is 5.88 Å². The molecule has 294 valence electrons. The predicted molar refractivity (Wildman–Crippen MR) is 212 cm³/mol. The lowest BCUT2D eigenvalue weighted by atomic mass is 9.68. The van der Waals surface area contributed by atoms with Crippen LogP contribution in [0.4, 0.5) is 5.69 Å². The third-order valence-electron chi connectivity index (χ3n) is 11.6. The Morgan fingerprint density at radius 2 is 2.00 bits per heavy atom. The van der Waals surface area contributed by atoms with Crippen LogP contribution in [0.1, 0.15) is 64.4 Å². The maximum atomic E-state index is 14.9. The highest BCUT2D eigenvalue weighted by molar-refractivity contribution is 7.92. The van der Waals surface area contributed by atoms with Crippen LogP contribution >= 0.6 is 11.6 Å². The highest BCUT2D eigenvalue weighted by Crippen LogP contribution is 2.47. The number of hydrogen-bond acceptors (Lipinski definition) is 9. The number of nitrogens with one attached hydrogen (secondary N) is 1. The Hall–Kier alpha value is -4.17. The van der Waals surface area contributed by atoms with E-state index in [1.807, 2.05) is 25.1 Å². The quantitative estimate of drug-likeness (QED) is 0.273. The Kier molecular flexibility index (Phi) is 11.5. The SMILES string of the molecule is C=CCO[C@H]1/C=C/[C@H](OC)[C@@H]2CC[C@H]2CN2C[C@@]3(CCCc4cc(Cl)ccc43)COc3ccc(cc32)C(=O)N=S(=O)(NC(=O)c2cn(C)nc2OC)C[C@H]1C. The first-order valence-corrected chi connectivity index (χ1v) is 20.9. The molecule has 0 saturated heterocycles. The minimum absolute atomic E-state index is 0.0536. The molecule has 2 aromatic carbocycles. The van der Waals surface area contributed by atoms with Crippen molar-refractivity contribution in [3.05, 3.63) is 94.7 Å². The zero-order chi connectivity index (χ0) is 38.9. The lowest BCUT2D eigenvalue weighted by molar-refractivity contribution is 0.0115. The Labute approximate surface area is 328 Å². The molecule has 12 nitrogen and oxygen atoms in total. The fourth-order valence-corrected chi connectivity index (χ4v) is 10.8. The minimum Gasteiger partial charge on any atom is -0.490 e. The van der Waals surface area contributed by atoms with Crippen LogP contribution in [0, 0.1) is 17.8 Å². The number of nitrogens with zero attached hydrogens (tertiary/aromatic N) is 4. The lowest BCUT2D eigenvalue weighted by Crippen LogP contribution is -2.49. The minimum atomic E-state index is -3.76. The summed E-state index contributed by atoms with van der Waals surface area (Å²) in [6, 6.07) is 11.4. The standard InChI is InChI=1S/C41H50ClN5O7S/c1-6-18-53-35-15-16-36(51-4)31-12-9-29(31)21-47-24-41(17-7-8-27-19-30(42)11-13-33(27)41)25-54-37-14-10-28(20-34(37)47)38(48)44-55(50,23-26(35)2)45-39(49)32-22-46(3)43-40(32)52-5/h6,10-11,13-16,19-20,22,26,29,31,35-36H,1,7-9,12,17-18,21,23-25H2,2-5H3,(H,44,45,48,49,50)/b16-15+/t26-,29+,31-,35+,36+,41+,55?/m1/s1. The fourth-order valence-electron chi connectivity index (χ4n) is 8.70. The van der Waals surface area contributed by atoms with E-state index in [1.54, 1.807) is 38.4 Å². The molecule has 1 N–H and O–H groups in total. The van der Waals surface area contributed by atoms with Gasteiger partial charge in [-0.2, -0.15) is 0 Å². The molecule has 2 amide bonds. The number of aromatic nitrogens is 2. The van der Waals surface area contributed by atoms with E-state index in [9.17, 15) is 13.8 Å². The number of methoxy groups -OCH3 is 2. The monoisotopic (exact) mass is 791 g/mol. The van der Waals surface area contributed by atoms with E-state index in [1.165, 1.54) is 29.1 Å². The number of benzene rings is 2. The molecule has 4 aliphatic rings. The zero-order valence-corrected chi connectivity index (χ0v) is 33.4. The molecule has 1 spiro atoms. The average Bonchev–Trinajstić information content (AvgIpc) is 3.47. The van der Waals surface area contributed by atoms with E-state index in [2.05, 4.69) is 37.8 Å². The van der Waals surface area contributed by atoms with Crippen molar-refractivity contribution in [1.29, 1.82) is 0 Å². The molecule has 7 atom stereocenters. The van der Waals surface area contributed by atoms with Gasteiger partial charge < -0.3 is 23.8 Å². The molecular weight excluding hydrogens is 742 g/mol. The lowest BCUT2D eigenvalue weighted by Gasteiger charge is -2.46. The molecule has 1 unspecified atom stereocenters. The summed E-state index contributed by atoms with van der Waals surface area (Å²) in [5.41, 5.74) is 3.27. The fraction of sp³-hybridized carbons (Fsp3) is 0.488. The zero-order valence-electron chi connectivity index (χ0n) is 31.9. The van der Waals surface area contributed by atoms with Gasteiger partial charge in [-0.3, -0.25) is 19.0 Å². The molecule has 7 rings (SSSR count). The van der Waals surface area contributed by atoms with Crippen molar-refractivity contribution in [3.8, 4) is 11.6 Å². The molecule has 3 aromatic rings. The molecule has 1 saturated carbocycles. The van der Waals surface area contributed by atoms with Crippen molar-refractivity contribution in [2.45, 2.75) is 56.7 Å². The second-order valence-corrected chi connectivity index (χ2v) is 17.7. The summed E-state index contributed by atoms with van der Waals surface area (Å²) >= 11 is 6.48. The van der Waals surface area contributed by atoms with Gasteiger partial charge in [0, 0.05) is 55.4 Å². The summed E-state index contributed by atoms with van der Waals surface area (Å²) in [6.45, 7) is 7.78. The molecule has 2 aliphatic heterocycles. The van der Waals surface area contributed by atoms with Crippen molar-refractivity contribution >= 4 is 39.0 Å². The Morgan fingerprint density at radius 3 is 2.75 bits per heavy atom. The highest BCUT2D eigenvalue weighted by atomic mass is 35.5. The largest absolute Gasteiger partial charge is 0.490 e. The Balaban J connectivity index is 1.33. The van der Waals surface area contributed by atoms with Crippen LogP contribution in [-0.2, 0) is 38.3 Å². The molecule has 0 radical (unpaired) electrons. The average molecular weight is 792 g/mol. The normalized spacial score (nSPS) is 29.7. The smallest absolute Gasteiger partial charge is 0.286 e. The first-order valence-electron chi connectivity index (χ1n) is 18.9. The topological polar surface area (TPSA) is 134 Å². The van der Waals surface area contributed by atoms with Crippen LogP contribution in [0.2, 0.25) is 5.02 Å². The van der Waals surface area contributed by atoms with Crippen LogP contribution in [0.5, 0.6) is 11.6 Å². The van der Waals surface area contributed by atoms with E-state index in [4.69, 9.17) is 30.5 Å². The maximum Gasteiger partial charge on any atom is 0.286 e. The molecule has 1 fully saturated rings. The van der Waals surface area contributed by atoms with Crippen molar-refractivity contribution in [1.82, 2.24) is 14.5 Å². The molecule has 55 heavy (non-hydrogen) atoms. The highest BCUT2D eigenvalue weighted by Gasteiger charge is 2.44. The van der Waals surface area contributed by atoms with Crippen molar-refractivity contribution < 1.29 is 32.7 Å². The van der Waals surface area contributed by atoms with Crippen LogP contribution in [0.25, 0.3) is 0 Å². The van der Waals surface area contributed by atoms with Gasteiger partial charge in [0.25, 0.3) is 11.8 Å². The molecule has 3 heterocycles. The van der Waals surface area contributed by atoms with Gasteiger partial charge in [-0.05, 0) is 85.4 Å². The number of amides is 2. The van der Waals surface area contributed by atoms with Crippen LogP contribution < -0.4 is 19.1 Å². The van der Waals surface area contributed by atoms with Gasteiger partial charge in [-0.25, -0.2) is 4.21 Å². The second-order valence-electron chi connectivity index (χ2n) is 15.3. The number of aryl methyl sites for hydroxylation is 2. The van der Waals surface area contributed by atoms with E-state index in [-0.39, 0.29) is 46.8 Å². The predicted octanol–water partition coefficient (Wildman–Crippen LogP) is 6.33. The third kappa shape index (κ3) is 8.07. The van der Waals surface area contributed by atoms with Gasteiger partial charge in [0.05, 0.1) is 44.0 Å². The second kappa shape index (κ2) is 16.1. The maximum absolute atomic E-state index is 14.9. The first-order chi connectivity index (χ1) is 26.4. The summed E-state index contributed by atoms with van der Waals surface area (Å²) in [6.07, 6.45) is 11.3. The van der Waals surface area contributed by atoms with Crippen molar-refractivity contribution in [2.75, 3.05) is 51.2 Å². The first kappa shape index (κ1) is 39.1. The summed E-state index contributed by atoms with van der Waals surface area (Å²) in [5, 5.41) is 4.89. The van der Waals surface area contributed by atoms with E-state index in [0.29, 0.717) is 24.8 Å². The van der Waals surface area contributed by atoms with Gasteiger partial charge in [-0.1, -0.05) is 42.8 Å². The van der Waals surface area contributed by atoms with Crippen LogP contribution in [-0.4, -0.2) is 84.3 Å². The number of anilines is 1. The molecular formula is C41H50ClN5O7S. The van der Waals surface area contributed by atoms with Crippen LogP contribution in [0.3, 0.4) is 0 Å². The number of halogens is 1. The Bertz CT molecular complexity index is 2110. The van der Waals surface area contributed by atoms with Crippen molar-refractivity contribution in [3.63, 3.8) is 0 Å². The van der Waals surface area contributed by atoms with Gasteiger partial charge in [-0.15, -0.1) is 16.0 Å². The number of ether oxygens (including phenoxy) is 4.